The number of likely N-dealkylation sites (tertiary alicyclic amines) is 2. The molecular formula is C18H25N3O2. The number of carbonyl (C=O) groups is 2. The van der Waals surface area contributed by atoms with Crippen LogP contribution in [0.4, 0.5) is 0 Å². The van der Waals surface area contributed by atoms with Gasteiger partial charge in [-0.25, -0.2) is 4.98 Å². The van der Waals surface area contributed by atoms with Gasteiger partial charge in [0, 0.05) is 26.2 Å². The van der Waals surface area contributed by atoms with Crippen molar-refractivity contribution in [1.29, 1.82) is 0 Å². The second-order valence-corrected chi connectivity index (χ2v) is 6.47. The summed E-state index contributed by atoms with van der Waals surface area (Å²) in [5.41, 5.74) is 0.792. The Hall–Kier alpha value is -1.91. The first-order valence-electron chi connectivity index (χ1n) is 8.81. The van der Waals surface area contributed by atoms with E-state index in [4.69, 9.17) is 0 Å². The number of hydrogen-bond donors (Lipinski definition) is 0. The van der Waals surface area contributed by atoms with E-state index in [9.17, 15) is 9.59 Å². The Balaban J connectivity index is 1.72. The van der Waals surface area contributed by atoms with Crippen molar-refractivity contribution in [3.8, 4) is 0 Å². The molecule has 3 rings (SSSR count). The molecule has 2 aliphatic rings. The molecule has 0 bridgehead atoms. The standard InChI is InChI=1S/C18H25N3O2/c22-17(20-11-4-2-1-3-5-12-20)15-9-8-10-16(19-15)18(23)21-13-6-7-14-21/h8-10H,1-7,11-14H2. The van der Waals surface area contributed by atoms with Crippen molar-refractivity contribution in [2.24, 2.45) is 0 Å². The largest absolute Gasteiger partial charge is 0.337 e. The smallest absolute Gasteiger partial charge is 0.272 e. The maximum atomic E-state index is 12.7. The van der Waals surface area contributed by atoms with Gasteiger partial charge in [0.25, 0.3) is 11.8 Å². The number of aromatic nitrogens is 1. The van der Waals surface area contributed by atoms with E-state index in [2.05, 4.69) is 4.98 Å². The molecule has 0 atom stereocenters. The SMILES string of the molecule is O=C(c1cccc(C(=O)N2CCCC2)n1)N1CCCCCCC1. The summed E-state index contributed by atoms with van der Waals surface area (Å²) in [6, 6.07) is 5.21. The van der Waals surface area contributed by atoms with Crippen LogP contribution >= 0.6 is 0 Å². The maximum Gasteiger partial charge on any atom is 0.272 e. The lowest BCUT2D eigenvalue weighted by atomic mass is 10.1. The molecule has 5 nitrogen and oxygen atoms in total. The summed E-state index contributed by atoms with van der Waals surface area (Å²) in [7, 11) is 0. The van der Waals surface area contributed by atoms with E-state index in [1.54, 1.807) is 18.2 Å². The minimum atomic E-state index is -0.0511. The van der Waals surface area contributed by atoms with Gasteiger partial charge in [0.1, 0.15) is 11.4 Å². The lowest BCUT2D eigenvalue weighted by Gasteiger charge is -2.24. The van der Waals surface area contributed by atoms with Crippen LogP contribution in [-0.4, -0.2) is 52.8 Å². The highest BCUT2D eigenvalue weighted by Crippen LogP contribution is 2.15. The highest BCUT2D eigenvalue weighted by molar-refractivity contribution is 5.96. The van der Waals surface area contributed by atoms with E-state index >= 15 is 0 Å². The predicted octanol–water partition coefficient (Wildman–Crippen LogP) is 2.72. The van der Waals surface area contributed by atoms with Gasteiger partial charge in [0.05, 0.1) is 0 Å². The summed E-state index contributed by atoms with van der Waals surface area (Å²) in [4.78, 5) is 33.2. The Kier molecular flexibility index (Phi) is 5.26. The molecule has 0 aliphatic carbocycles. The molecule has 2 amide bonds. The van der Waals surface area contributed by atoms with Crippen molar-refractivity contribution in [2.75, 3.05) is 26.2 Å². The quantitative estimate of drug-likeness (QED) is 0.843. The van der Waals surface area contributed by atoms with Gasteiger partial charge in [0.2, 0.25) is 0 Å². The lowest BCUT2D eigenvalue weighted by molar-refractivity contribution is 0.0735. The molecule has 124 valence electrons. The molecule has 2 fully saturated rings. The van der Waals surface area contributed by atoms with Crippen molar-refractivity contribution in [3.63, 3.8) is 0 Å². The summed E-state index contributed by atoms with van der Waals surface area (Å²) in [5, 5.41) is 0. The second-order valence-electron chi connectivity index (χ2n) is 6.47. The van der Waals surface area contributed by atoms with E-state index in [-0.39, 0.29) is 11.8 Å². The number of pyridine rings is 1. The van der Waals surface area contributed by atoms with E-state index in [1.165, 1.54) is 19.3 Å². The number of nitrogens with zero attached hydrogens (tertiary/aromatic N) is 3. The van der Waals surface area contributed by atoms with E-state index in [1.807, 2.05) is 9.80 Å². The molecule has 0 aromatic carbocycles. The fraction of sp³-hybridized carbons (Fsp3) is 0.611. The van der Waals surface area contributed by atoms with Crippen molar-refractivity contribution in [2.45, 2.75) is 44.9 Å². The molecule has 1 aromatic heterocycles. The Morgan fingerprint density at radius 3 is 1.57 bits per heavy atom. The van der Waals surface area contributed by atoms with Gasteiger partial charge in [0.15, 0.2) is 0 Å². The highest BCUT2D eigenvalue weighted by atomic mass is 16.2. The van der Waals surface area contributed by atoms with Crippen LogP contribution in [0.1, 0.15) is 65.9 Å². The lowest BCUT2D eigenvalue weighted by Crippen LogP contribution is -2.35. The number of rotatable bonds is 2. The van der Waals surface area contributed by atoms with Gasteiger partial charge in [-0.2, -0.15) is 0 Å². The van der Waals surface area contributed by atoms with Crippen LogP contribution in [-0.2, 0) is 0 Å². The molecule has 23 heavy (non-hydrogen) atoms. The maximum absolute atomic E-state index is 12.7. The van der Waals surface area contributed by atoms with Crippen LogP contribution in [0.15, 0.2) is 18.2 Å². The van der Waals surface area contributed by atoms with Crippen molar-refractivity contribution >= 4 is 11.8 Å². The van der Waals surface area contributed by atoms with E-state index < -0.39 is 0 Å². The van der Waals surface area contributed by atoms with E-state index in [0.717, 1.165) is 51.9 Å². The first kappa shape index (κ1) is 16.0. The van der Waals surface area contributed by atoms with Crippen molar-refractivity contribution in [3.05, 3.63) is 29.6 Å². The summed E-state index contributed by atoms with van der Waals surface area (Å²) < 4.78 is 0. The molecule has 0 radical (unpaired) electrons. The van der Waals surface area contributed by atoms with Crippen molar-refractivity contribution < 1.29 is 9.59 Å². The number of amides is 2. The zero-order valence-corrected chi connectivity index (χ0v) is 13.7. The zero-order valence-electron chi connectivity index (χ0n) is 13.7. The van der Waals surface area contributed by atoms with Gasteiger partial charge in [-0.05, 0) is 37.8 Å². The minimum absolute atomic E-state index is 0.0389. The summed E-state index contributed by atoms with van der Waals surface area (Å²) in [6.07, 6.45) is 7.85. The fourth-order valence-corrected chi connectivity index (χ4v) is 3.37. The monoisotopic (exact) mass is 315 g/mol. The van der Waals surface area contributed by atoms with Crippen LogP contribution < -0.4 is 0 Å². The van der Waals surface area contributed by atoms with Crippen LogP contribution in [0.2, 0.25) is 0 Å². The molecule has 3 heterocycles. The highest BCUT2D eigenvalue weighted by Gasteiger charge is 2.23. The number of carbonyl (C=O) groups excluding carboxylic acids is 2. The Morgan fingerprint density at radius 1 is 0.696 bits per heavy atom. The molecule has 0 saturated carbocycles. The topological polar surface area (TPSA) is 53.5 Å². The molecule has 2 saturated heterocycles. The fourth-order valence-electron chi connectivity index (χ4n) is 3.37. The van der Waals surface area contributed by atoms with Crippen molar-refractivity contribution in [1.82, 2.24) is 14.8 Å². The van der Waals surface area contributed by atoms with Gasteiger partial charge < -0.3 is 9.80 Å². The van der Waals surface area contributed by atoms with Gasteiger partial charge in [-0.3, -0.25) is 9.59 Å². The molecule has 1 aromatic rings. The van der Waals surface area contributed by atoms with Crippen LogP contribution in [0.3, 0.4) is 0 Å². The minimum Gasteiger partial charge on any atom is -0.337 e. The van der Waals surface area contributed by atoms with Crippen LogP contribution in [0.5, 0.6) is 0 Å². The normalized spacial score (nSPS) is 19.3. The van der Waals surface area contributed by atoms with Crippen LogP contribution in [0, 0.1) is 0 Å². The van der Waals surface area contributed by atoms with Gasteiger partial charge in [-0.15, -0.1) is 0 Å². The molecule has 0 spiro atoms. The first-order chi connectivity index (χ1) is 11.3. The van der Waals surface area contributed by atoms with Crippen LogP contribution in [0.25, 0.3) is 0 Å². The Bertz CT molecular complexity index is 559. The average molecular weight is 315 g/mol. The number of hydrogen-bond acceptors (Lipinski definition) is 3. The first-order valence-corrected chi connectivity index (χ1v) is 8.81. The Labute approximate surface area is 137 Å². The molecule has 0 unspecified atom stereocenters. The third kappa shape index (κ3) is 3.89. The molecule has 0 N–H and O–H groups in total. The van der Waals surface area contributed by atoms with Gasteiger partial charge >= 0.3 is 0 Å². The summed E-state index contributed by atoms with van der Waals surface area (Å²) in [6.45, 7) is 3.19. The second kappa shape index (κ2) is 7.57. The predicted molar refractivity (Wildman–Crippen MR) is 88.4 cm³/mol. The van der Waals surface area contributed by atoms with E-state index in [0.29, 0.717) is 11.4 Å². The summed E-state index contributed by atoms with van der Waals surface area (Å²) in [5.74, 6) is -0.0900. The third-order valence-electron chi connectivity index (χ3n) is 4.72. The van der Waals surface area contributed by atoms with Gasteiger partial charge in [-0.1, -0.05) is 25.3 Å². The molecule has 5 heteroatoms. The molecular weight excluding hydrogens is 290 g/mol. The molecule has 2 aliphatic heterocycles. The summed E-state index contributed by atoms with van der Waals surface area (Å²) >= 11 is 0. The third-order valence-corrected chi connectivity index (χ3v) is 4.72. The average Bonchev–Trinajstić information content (AvgIpc) is 3.08. The zero-order chi connectivity index (χ0) is 16.1. The Morgan fingerprint density at radius 2 is 1.09 bits per heavy atom.